The highest BCUT2D eigenvalue weighted by atomic mass is 35.5. The lowest BCUT2D eigenvalue weighted by Gasteiger charge is -2.12. The fraction of sp³-hybridized carbons (Fsp3) is 0.111. The lowest BCUT2D eigenvalue weighted by Crippen LogP contribution is -2.15. The number of rotatable bonds is 5. The van der Waals surface area contributed by atoms with Crippen LogP contribution in [0, 0.1) is 5.41 Å². The van der Waals surface area contributed by atoms with Crippen LogP contribution >= 0.6 is 11.6 Å². The first-order chi connectivity index (χ1) is 11.1. The molecule has 0 aliphatic carbocycles. The molecular weight excluding hydrogens is 308 g/mol. The molecule has 1 aromatic heterocycles. The Hall–Kier alpha value is -2.59. The molecule has 0 saturated heterocycles. The number of nitrogens with one attached hydrogen (secondary N) is 1. The topological polar surface area (TPSA) is 67.7 Å². The lowest BCUT2D eigenvalue weighted by atomic mass is 10.1. The molecule has 23 heavy (non-hydrogen) atoms. The zero-order valence-corrected chi connectivity index (χ0v) is 13.3. The fourth-order valence-corrected chi connectivity index (χ4v) is 2.77. The number of hydrogen-bond donors (Lipinski definition) is 2. The predicted octanol–water partition coefficient (Wildman–Crippen LogP) is 3.46. The van der Waals surface area contributed by atoms with Crippen LogP contribution in [0.1, 0.15) is 22.5 Å². The van der Waals surface area contributed by atoms with Crippen molar-refractivity contribution in [2.24, 2.45) is 5.73 Å². The van der Waals surface area contributed by atoms with Gasteiger partial charge in [0, 0.05) is 35.9 Å². The van der Waals surface area contributed by atoms with Crippen molar-refractivity contribution >= 4 is 17.4 Å². The first-order valence-corrected chi connectivity index (χ1v) is 7.68. The van der Waals surface area contributed by atoms with Crippen molar-refractivity contribution in [3.8, 4) is 0 Å². The van der Waals surface area contributed by atoms with Crippen molar-refractivity contribution in [3.05, 3.63) is 88.5 Å². The number of amidine groups is 1. The monoisotopic (exact) mass is 324 g/mol. The third-order valence-corrected chi connectivity index (χ3v) is 4.13. The second kappa shape index (κ2) is 6.67. The van der Waals surface area contributed by atoms with Gasteiger partial charge in [0.15, 0.2) is 0 Å². The first-order valence-electron chi connectivity index (χ1n) is 7.31. The van der Waals surface area contributed by atoms with Crippen LogP contribution < -0.4 is 5.73 Å². The van der Waals surface area contributed by atoms with Crippen molar-refractivity contribution < 1.29 is 0 Å². The van der Waals surface area contributed by atoms with E-state index in [1.165, 1.54) is 0 Å². The number of hydrogen-bond acceptors (Lipinski definition) is 2. The summed E-state index contributed by atoms with van der Waals surface area (Å²) >= 11 is 6.24. The standard InChI is InChI=1S/C18H17ClN4/c19-16-8-4-2-5-13(16)11-17-22-9-10-23(17)12-14-6-1-3-7-15(14)18(20)21/h1-10H,11-12H2,(H3,20,21). The molecule has 0 atom stereocenters. The third kappa shape index (κ3) is 3.43. The summed E-state index contributed by atoms with van der Waals surface area (Å²) in [5.74, 6) is 1.00. The number of benzene rings is 2. The van der Waals surface area contributed by atoms with E-state index in [0.29, 0.717) is 13.0 Å². The second-order valence-corrected chi connectivity index (χ2v) is 5.72. The van der Waals surface area contributed by atoms with Gasteiger partial charge in [-0.05, 0) is 17.2 Å². The maximum atomic E-state index is 7.70. The van der Waals surface area contributed by atoms with Gasteiger partial charge in [-0.3, -0.25) is 5.41 Å². The van der Waals surface area contributed by atoms with Gasteiger partial charge in [-0.1, -0.05) is 54.1 Å². The van der Waals surface area contributed by atoms with Crippen LogP contribution in [0.25, 0.3) is 0 Å². The minimum Gasteiger partial charge on any atom is -0.384 e. The maximum absolute atomic E-state index is 7.70. The summed E-state index contributed by atoms with van der Waals surface area (Å²) in [6.07, 6.45) is 4.38. The Kier molecular flexibility index (Phi) is 4.44. The summed E-state index contributed by atoms with van der Waals surface area (Å²) in [5.41, 5.74) is 8.46. The Labute approximate surface area is 140 Å². The minimum atomic E-state index is 0.0772. The molecule has 116 valence electrons. The Bertz CT molecular complexity index is 838. The van der Waals surface area contributed by atoms with Gasteiger partial charge < -0.3 is 10.3 Å². The summed E-state index contributed by atoms with van der Waals surface area (Å²) < 4.78 is 2.06. The van der Waals surface area contributed by atoms with Crippen LogP contribution in [0.3, 0.4) is 0 Å². The molecule has 3 N–H and O–H groups in total. The van der Waals surface area contributed by atoms with Crippen LogP contribution in [0.4, 0.5) is 0 Å². The van der Waals surface area contributed by atoms with E-state index in [-0.39, 0.29) is 5.84 Å². The number of nitrogens with two attached hydrogens (primary N) is 1. The summed E-state index contributed by atoms with van der Waals surface area (Å²) in [6, 6.07) is 15.5. The molecule has 0 saturated carbocycles. The molecule has 4 nitrogen and oxygen atoms in total. The largest absolute Gasteiger partial charge is 0.384 e. The van der Waals surface area contributed by atoms with Crippen molar-refractivity contribution in [1.82, 2.24) is 9.55 Å². The van der Waals surface area contributed by atoms with Crippen LogP contribution in [-0.2, 0) is 13.0 Å². The Morgan fingerprint density at radius 3 is 2.52 bits per heavy atom. The van der Waals surface area contributed by atoms with Gasteiger partial charge in [0.2, 0.25) is 0 Å². The van der Waals surface area contributed by atoms with Crippen LogP contribution in [0.15, 0.2) is 60.9 Å². The average molecular weight is 325 g/mol. The molecule has 0 fully saturated rings. The van der Waals surface area contributed by atoms with Crippen molar-refractivity contribution in [2.45, 2.75) is 13.0 Å². The molecule has 5 heteroatoms. The quantitative estimate of drug-likeness (QED) is 0.557. The molecule has 0 bridgehead atoms. The molecular formula is C18H17ClN4. The van der Waals surface area contributed by atoms with E-state index in [9.17, 15) is 0 Å². The van der Waals surface area contributed by atoms with Gasteiger partial charge in [0.1, 0.15) is 11.7 Å². The van der Waals surface area contributed by atoms with E-state index in [2.05, 4.69) is 9.55 Å². The number of halogens is 1. The molecule has 0 aliphatic heterocycles. The van der Waals surface area contributed by atoms with Crippen LogP contribution in [-0.4, -0.2) is 15.4 Å². The van der Waals surface area contributed by atoms with Crippen LogP contribution in [0.2, 0.25) is 5.02 Å². The summed E-state index contributed by atoms with van der Waals surface area (Å²) in [6.45, 7) is 0.621. The van der Waals surface area contributed by atoms with Crippen molar-refractivity contribution in [2.75, 3.05) is 0 Å². The van der Waals surface area contributed by atoms with Gasteiger partial charge in [-0.25, -0.2) is 4.98 Å². The zero-order valence-electron chi connectivity index (χ0n) is 12.5. The van der Waals surface area contributed by atoms with E-state index >= 15 is 0 Å². The van der Waals surface area contributed by atoms with Gasteiger partial charge >= 0.3 is 0 Å². The molecule has 1 heterocycles. The average Bonchev–Trinajstić information content (AvgIpc) is 2.97. The number of aromatic nitrogens is 2. The van der Waals surface area contributed by atoms with E-state index in [0.717, 1.165) is 27.5 Å². The first kappa shape index (κ1) is 15.3. The van der Waals surface area contributed by atoms with E-state index in [4.69, 9.17) is 22.7 Å². The molecule has 0 spiro atoms. The highest BCUT2D eigenvalue weighted by molar-refractivity contribution is 6.31. The highest BCUT2D eigenvalue weighted by Gasteiger charge is 2.10. The Balaban J connectivity index is 1.88. The second-order valence-electron chi connectivity index (χ2n) is 5.31. The molecule has 3 rings (SSSR count). The number of nitrogen functional groups attached to an aromatic ring is 1. The zero-order chi connectivity index (χ0) is 16.2. The van der Waals surface area contributed by atoms with Gasteiger partial charge in [0.25, 0.3) is 0 Å². The van der Waals surface area contributed by atoms with Crippen molar-refractivity contribution in [3.63, 3.8) is 0 Å². The summed E-state index contributed by atoms with van der Waals surface area (Å²) in [7, 11) is 0. The van der Waals surface area contributed by atoms with Crippen LogP contribution in [0.5, 0.6) is 0 Å². The highest BCUT2D eigenvalue weighted by Crippen LogP contribution is 2.19. The molecule has 0 aliphatic rings. The number of nitrogens with zero attached hydrogens (tertiary/aromatic N) is 2. The van der Waals surface area contributed by atoms with Gasteiger partial charge in [0.05, 0.1) is 0 Å². The van der Waals surface area contributed by atoms with E-state index in [1.807, 2.05) is 54.7 Å². The van der Waals surface area contributed by atoms with Crippen molar-refractivity contribution in [1.29, 1.82) is 5.41 Å². The summed E-state index contributed by atoms with van der Waals surface area (Å²) in [5, 5.41) is 8.44. The normalized spacial score (nSPS) is 10.7. The molecule has 0 unspecified atom stereocenters. The smallest absolute Gasteiger partial charge is 0.123 e. The van der Waals surface area contributed by atoms with E-state index < -0.39 is 0 Å². The molecule has 0 amide bonds. The van der Waals surface area contributed by atoms with Gasteiger partial charge in [-0.15, -0.1) is 0 Å². The summed E-state index contributed by atoms with van der Waals surface area (Å²) in [4.78, 5) is 4.44. The third-order valence-electron chi connectivity index (χ3n) is 3.76. The Morgan fingerprint density at radius 1 is 1.09 bits per heavy atom. The lowest BCUT2D eigenvalue weighted by molar-refractivity contribution is 0.739. The van der Waals surface area contributed by atoms with E-state index in [1.54, 1.807) is 6.20 Å². The minimum absolute atomic E-state index is 0.0772. The Morgan fingerprint density at radius 2 is 1.78 bits per heavy atom. The maximum Gasteiger partial charge on any atom is 0.123 e. The van der Waals surface area contributed by atoms with Gasteiger partial charge in [-0.2, -0.15) is 0 Å². The molecule has 2 aromatic carbocycles. The molecule has 3 aromatic rings. The fourth-order valence-electron chi connectivity index (χ4n) is 2.57. The molecule has 0 radical (unpaired) electrons. The SMILES string of the molecule is N=C(N)c1ccccc1Cn1ccnc1Cc1ccccc1Cl. The predicted molar refractivity (Wildman–Crippen MR) is 93.0 cm³/mol. The number of imidazole rings is 1.